The van der Waals surface area contributed by atoms with Gasteiger partial charge in [0.1, 0.15) is 0 Å². The quantitative estimate of drug-likeness (QED) is 0.569. The Morgan fingerprint density at radius 1 is 1.30 bits per heavy atom. The largest absolute Gasteiger partial charge is 0.449 e. The molecular weight excluding hydrogens is 314 g/mol. The van der Waals surface area contributed by atoms with Gasteiger partial charge in [0.25, 0.3) is 5.91 Å². The van der Waals surface area contributed by atoms with Gasteiger partial charge in [-0.15, -0.1) is 0 Å². The summed E-state index contributed by atoms with van der Waals surface area (Å²) in [4.78, 5) is 12.5. The number of aromatic nitrogens is 2. The Balaban J connectivity index is 1.71. The van der Waals surface area contributed by atoms with Crippen molar-refractivity contribution in [2.24, 2.45) is 0 Å². The van der Waals surface area contributed by atoms with Crippen LogP contribution in [-0.4, -0.2) is 16.1 Å². The molecule has 114 valence electrons. The molecule has 0 aliphatic heterocycles. The number of aryl methyl sites for hydroxylation is 1. The molecule has 0 unspecified atom stereocenters. The normalized spacial score (nSPS) is 11.2. The average molecular weight is 326 g/mol. The third kappa shape index (κ3) is 2.26. The number of benzene rings is 2. The number of rotatable bonds is 2. The van der Waals surface area contributed by atoms with Gasteiger partial charge in [-0.2, -0.15) is 5.10 Å². The highest BCUT2D eigenvalue weighted by molar-refractivity contribution is 6.35. The molecule has 23 heavy (non-hydrogen) atoms. The molecule has 2 N–H and O–H groups in total. The summed E-state index contributed by atoms with van der Waals surface area (Å²) in [5, 5.41) is 11.9. The Hall–Kier alpha value is -2.79. The molecule has 4 rings (SSSR count). The molecule has 0 radical (unpaired) electrons. The molecule has 0 saturated heterocycles. The fourth-order valence-electron chi connectivity index (χ4n) is 2.63. The molecule has 2 aromatic heterocycles. The number of nitrogens with one attached hydrogen (secondary N) is 2. The molecular formula is C17H12ClN3O2. The summed E-state index contributed by atoms with van der Waals surface area (Å²) >= 11 is 6.12. The number of carbonyl (C=O) groups excluding carboxylic acids is 1. The van der Waals surface area contributed by atoms with E-state index in [0.717, 1.165) is 21.9 Å². The van der Waals surface area contributed by atoms with Gasteiger partial charge in [-0.1, -0.05) is 23.7 Å². The first-order valence-electron chi connectivity index (χ1n) is 7.05. The van der Waals surface area contributed by atoms with Gasteiger partial charge in [0.15, 0.2) is 11.3 Å². The molecule has 0 fully saturated rings. The lowest BCUT2D eigenvalue weighted by Gasteiger charge is -2.03. The molecule has 5 nitrogen and oxygen atoms in total. The summed E-state index contributed by atoms with van der Waals surface area (Å²) < 4.78 is 5.67. The topological polar surface area (TPSA) is 70.9 Å². The summed E-state index contributed by atoms with van der Waals surface area (Å²) in [6.07, 6.45) is 1.71. The van der Waals surface area contributed by atoms with E-state index in [0.29, 0.717) is 16.3 Å². The van der Waals surface area contributed by atoms with Gasteiger partial charge >= 0.3 is 0 Å². The van der Waals surface area contributed by atoms with Crippen LogP contribution in [0.4, 0.5) is 5.69 Å². The number of carbonyl (C=O) groups is 1. The zero-order valence-corrected chi connectivity index (χ0v) is 12.9. The van der Waals surface area contributed by atoms with Crippen molar-refractivity contribution in [3.05, 3.63) is 58.9 Å². The highest BCUT2D eigenvalue weighted by Gasteiger charge is 2.19. The minimum atomic E-state index is -0.308. The van der Waals surface area contributed by atoms with Gasteiger partial charge in [0.05, 0.1) is 16.7 Å². The van der Waals surface area contributed by atoms with Crippen LogP contribution in [-0.2, 0) is 0 Å². The number of amides is 1. The number of H-pyrrole nitrogens is 1. The molecule has 0 atom stereocenters. The van der Waals surface area contributed by atoms with Crippen molar-refractivity contribution in [1.29, 1.82) is 0 Å². The number of hydrogen-bond donors (Lipinski definition) is 2. The van der Waals surface area contributed by atoms with E-state index >= 15 is 0 Å². The zero-order valence-electron chi connectivity index (χ0n) is 12.2. The van der Waals surface area contributed by atoms with E-state index in [2.05, 4.69) is 15.5 Å². The second-order valence-corrected chi connectivity index (χ2v) is 5.71. The number of halogens is 1. The molecule has 2 aromatic carbocycles. The van der Waals surface area contributed by atoms with Crippen LogP contribution in [0.15, 0.2) is 47.0 Å². The third-order valence-corrected chi connectivity index (χ3v) is 4.12. The molecule has 2 heterocycles. The van der Waals surface area contributed by atoms with E-state index in [4.69, 9.17) is 16.0 Å². The Labute approximate surface area is 136 Å². The Bertz CT molecular complexity index is 1050. The van der Waals surface area contributed by atoms with Crippen LogP contribution in [0.3, 0.4) is 0 Å². The van der Waals surface area contributed by atoms with Crippen molar-refractivity contribution < 1.29 is 9.21 Å². The lowest BCUT2D eigenvalue weighted by molar-refractivity contribution is 0.0998. The van der Waals surface area contributed by atoms with E-state index < -0.39 is 0 Å². The molecule has 1 amide bonds. The van der Waals surface area contributed by atoms with Gasteiger partial charge < -0.3 is 9.73 Å². The van der Waals surface area contributed by atoms with E-state index in [1.54, 1.807) is 12.3 Å². The van der Waals surface area contributed by atoms with Gasteiger partial charge in [-0.25, -0.2) is 0 Å². The highest BCUT2D eigenvalue weighted by Crippen LogP contribution is 2.31. The van der Waals surface area contributed by atoms with Crippen molar-refractivity contribution in [3.63, 3.8) is 0 Å². The maximum atomic E-state index is 12.5. The smallest absolute Gasteiger partial charge is 0.291 e. The zero-order chi connectivity index (χ0) is 16.0. The van der Waals surface area contributed by atoms with Crippen LogP contribution < -0.4 is 5.32 Å². The molecule has 6 heteroatoms. The minimum Gasteiger partial charge on any atom is -0.449 e. The molecule has 4 aromatic rings. The van der Waals surface area contributed by atoms with Crippen LogP contribution >= 0.6 is 11.6 Å². The van der Waals surface area contributed by atoms with Crippen LogP contribution in [0.5, 0.6) is 0 Å². The van der Waals surface area contributed by atoms with E-state index in [-0.39, 0.29) is 11.7 Å². The maximum Gasteiger partial charge on any atom is 0.291 e. The molecule has 0 aliphatic carbocycles. The number of para-hydroxylation sites is 1. The summed E-state index contributed by atoms with van der Waals surface area (Å²) in [6.45, 7) is 1.84. The van der Waals surface area contributed by atoms with E-state index in [1.807, 2.05) is 37.3 Å². The number of furan rings is 1. The first kappa shape index (κ1) is 13.8. The van der Waals surface area contributed by atoms with Crippen molar-refractivity contribution in [1.82, 2.24) is 10.2 Å². The fraction of sp³-hybridized carbons (Fsp3) is 0.0588. The van der Waals surface area contributed by atoms with Gasteiger partial charge in [-0.05, 0) is 31.2 Å². The van der Waals surface area contributed by atoms with Gasteiger partial charge in [0.2, 0.25) is 0 Å². The Kier molecular flexibility index (Phi) is 3.09. The fourth-order valence-corrected chi connectivity index (χ4v) is 2.85. The number of hydrogen-bond acceptors (Lipinski definition) is 3. The van der Waals surface area contributed by atoms with Crippen LogP contribution in [0.25, 0.3) is 21.9 Å². The minimum absolute atomic E-state index is 0.264. The van der Waals surface area contributed by atoms with Crippen LogP contribution in [0.1, 0.15) is 16.1 Å². The number of anilines is 1. The number of fused-ring (bicyclic) bond motifs is 2. The van der Waals surface area contributed by atoms with E-state index in [1.165, 1.54) is 0 Å². The molecule has 0 aliphatic rings. The van der Waals surface area contributed by atoms with Crippen molar-refractivity contribution in [2.45, 2.75) is 6.92 Å². The second kappa shape index (κ2) is 5.14. The SMILES string of the molecule is Cc1c(C(=O)Nc2ccc3[nH]ncc3c2)oc2c(Cl)cccc12. The monoisotopic (exact) mass is 325 g/mol. The van der Waals surface area contributed by atoms with Crippen molar-refractivity contribution >= 4 is 45.1 Å². The lowest BCUT2D eigenvalue weighted by Crippen LogP contribution is -2.11. The Morgan fingerprint density at radius 3 is 3.00 bits per heavy atom. The third-order valence-electron chi connectivity index (χ3n) is 3.82. The van der Waals surface area contributed by atoms with Crippen LogP contribution in [0.2, 0.25) is 5.02 Å². The Morgan fingerprint density at radius 2 is 2.17 bits per heavy atom. The lowest BCUT2D eigenvalue weighted by atomic mass is 10.1. The summed E-state index contributed by atoms with van der Waals surface area (Å²) in [5.74, 6) is -0.0435. The number of aromatic amines is 1. The standard InChI is InChI=1S/C17H12ClN3O2/c1-9-12-3-2-4-13(18)16(12)23-15(9)17(22)20-11-5-6-14-10(7-11)8-19-21-14/h2-8H,1H3,(H,19,21)(H,20,22). The summed E-state index contributed by atoms with van der Waals surface area (Å²) in [5.41, 5.74) is 2.89. The second-order valence-electron chi connectivity index (χ2n) is 5.30. The predicted molar refractivity (Wildman–Crippen MR) is 90.0 cm³/mol. The first-order chi connectivity index (χ1) is 11.1. The first-order valence-corrected chi connectivity index (χ1v) is 7.43. The van der Waals surface area contributed by atoms with Crippen LogP contribution in [0, 0.1) is 6.92 Å². The predicted octanol–water partition coefficient (Wildman–Crippen LogP) is 4.52. The van der Waals surface area contributed by atoms with Crippen molar-refractivity contribution in [2.75, 3.05) is 5.32 Å². The molecule has 0 spiro atoms. The average Bonchev–Trinajstić information content (AvgIpc) is 3.13. The van der Waals surface area contributed by atoms with Gasteiger partial charge in [-0.3, -0.25) is 9.89 Å². The maximum absolute atomic E-state index is 12.5. The van der Waals surface area contributed by atoms with Crippen molar-refractivity contribution in [3.8, 4) is 0 Å². The van der Waals surface area contributed by atoms with E-state index in [9.17, 15) is 4.79 Å². The molecule has 0 bridgehead atoms. The van der Waals surface area contributed by atoms with Gasteiger partial charge in [0, 0.05) is 22.0 Å². The molecule has 0 saturated carbocycles. The number of nitrogens with zero attached hydrogens (tertiary/aromatic N) is 1. The highest BCUT2D eigenvalue weighted by atomic mass is 35.5. The summed E-state index contributed by atoms with van der Waals surface area (Å²) in [7, 11) is 0. The summed E-state index contributed by atoms with van der Waals surface area (Å²) in [6, 6.07) is 11.0.